The van der Waals surface area contributed by atoms with E-state index in [-0.39, 0.29) is 24.4 Å². The summed E-state index contributed by atoms with van der Waals surface area (Å²) >= 11 is 0. The van der Waals surface area contributed by atoms with Gasteiger partial charge >= 0.3 is 0 Å². The third-order valence-corrected chi connectivity index (χ3v) is 4.31. The van der Waals surface area contributed by atoms with Crippen LogP contribution in [0.1, 0.15) is 23.4 Å². The van der Waals surface area contributed by atoms with Crippen molar-refractivity contribution in [3.05, 3.63) is 95.8 Å². The molecule has 6 heteroatoms. The molecule has 2 heterocycles. The second kappa shape index (κ2) is 10.1. The van der Waals surface area contributed by atoms with Crippen molar-refractivity contribution in [1.29, 1.82) is 0 Å². The highest BCUT2D eigenvalue weighted by atomic mass is 19.1. The molecular formula is C24H21FN2O3. The van der Waals surface area contributed by atoms with Crippen molar-refractivity contribution in [3.8, 4) is 5.75 Å². The zero-order chi connectivity index (χ0) is 21.3. The van der Waals surface area contributed by atoms with Crippen LogP contribution in [-0.4, -0.2) is 21.1 Å². The fourth-order valence-corrected chi connectivity index (χ4v) is 2.67. The lowest BCUT2D eigenvalue weighted by molar-refractivity contribution is -0.121. The minimum absolute atomic E-state index is 0.229. The van der Waals surface area contributed by atoms with Crippen LogP contribution < -0.4 is 4.74 Å². The summed E-state index contributed by atoms with van der Waals surface area (Å²) in [6, 6.07) is 13.6. The molecule has 3 rings (SSSR count). The Morgan fingerprint density at radius 3 is 2.53 bits per heavy atom. The molecule has 30 heavy (non-hydrogen) atoms. The number of ether oxygens (including phenoxy) is 1. The summed E-state index contributed by atoms with van der Waals surface area (Å²) in [5, 5.41) is 0. The van der Waals surface area contributed by atoms with E-state index >= 15 is 0 Å². The molecule has 0 spiro atoms. The van der Waals surface area contributed by atoms with E-state index in [2.05, 4.69) is 4.98 Å². The van der Waals surface area contributed by atoms with Gasteiger partial charge in [0, 0.05) is 36.8 Å². The molecule has 0 saturated carbocycles. The molecule has 152 valence electrons. The van der Waals surface area contributed by atoms with Crippen molar-refractivity contribution in [2.75, 3.05) is 0 Å². The molecule has 0 N–H and O–H groups in total. The average molecular weight is 404 g/mol. The summed E-state index contributed by atoms with van der Waals surface area (Å²) in [4.78, 5) is 28.1. The first-order chi connectivity index (χ1) is 14.5. The number of nitrogens with zero attached hydrogens (tertiary/aromatic N) is 2. The molecule has 0 aliphatic carbocycles. The van der Waals surface area contributed by atoms with Crippen molar-refractivity contribution in [3.63, 3.8) is 0 Å². The summed E-state index contributed by atoms with van der Waals surface area (Å²) in [6.45, 7) is 0.229. The Morgan fingerprint density at radius 1 is 1.07 bits per heavy atom. The number of hydrogen-bond acceptors (Lipinski definition) is 4. The minimum Gasteiger partial charge on any atom is -0.487 e. The van der Waals surface area contributed by atoms with Gasteiger partial charge in [-0.25, -0.2) is 4.39 Å². The number of aromatic nitrogens is 2. The molecule has 5 nitrogen and oxygen atoms in total. The lowest BCUT2D eigenvalue weighted by Gasteiger charge is -2.06. The van der Waals surface area contributed by atoms with Gasteiger partial charge in [0.1, 0.15) is 18.2 Å². The minimum atomic E-state index is -0.521. The highest BCUT2D eigenvalue weighted by Crippen LogP contribution is 2.19. The van der Waals surface area contributed by atoms with Gasteiger partial charge in [0.05, 0.1) is 12.1 Å². The summed E-state index contributed by atoms with van der Waals surface area (Å²) in [7, 11) is 1.86. The van der Waals surface area contributed by atoms with Crippen molar-refractivity contribution in [2.24, 2.45) is 7.05 Å². The first kappa shape index (κ1) is 20.9. The molecule has 0 aliphatic rings. The van der Waals surface area contributed by atoms with Crippen LogP contribution in [0.4, 0.5) is 4.39 Å². The Balaban J connectivity index is 1.53. The summed E-state index contributed by atoms with van der Waals surface area (Å²) in [5.41, 5.74) is 1.83. The van der Waals surface area contributed by atoms with Gasteiger partial charge in [-0.05, 0) is 60.7 Å². The molecule has 0 saturated heterocycles. The maximum absolute atomic E-state index is 14.3. The number of carbonyl (C=O) groups excluding carboxylic acids is 2. The van der Waals surface area contributed by atoms with Gasteiger partial charge in [-0.3, -0.25) is 14.6 Å². The summed E-state index contributed by atoms with van der Waals surface area (Å²) in [5.74, 6) is -0.869. The van der Waals surface area contributed by atoms with Crippen molar-refractivity contribution >= 4 is 23.7 Å². The number of halogens is 1. The van der Waals surface area contributed by atoms with E-state index in [1.807, 2.05) is 42.1 Å². The number of carbonyl (C=O) groups is 2. The maximum Gasteiger partial charge on any atom is 0.163 e. The number of aryl methyl sites for hydroxylation is 1. The average Bonchev–Trinajstić information content (AvgIpc) is 3.15. The third kappa shape index (κ3) is 6.10. The van der Waals surface area contributed by atoms with Gasteiger partial charge in [0.2, 0.25) is 0 Å². The number of hydrogen-bond donors (Lipinski definition) is 0. The Morgan fingerprint density at radius 2 is 1.87 bits per heavy atom. The van der Waals surface area contributed by atoms with E-state index in [1.54, 1.807) is 24.4 Å². The summed E-state index contributed by atoms with van der Waals surface area (Å²) < 4.78 is 21.6. The van der Waals surface area contributed by atoms with E-state index in [0.717, 1.165) is 11.4 Å². The Kier molecular flexibility index (Phi) is 7.05. The van der Waals surface area contributed by atoms with Crippen molar-refractivity contribution in [1.82, 2.24) is 9.55 Å². The Hall–Kier alpha value is -3.80. The van der Waals surface area contributed by atoms with Crippen LogP contribution in [0.5, 0.6) is 5.75 Å². The quantitative estimate of drug-likeness (QED) is 0.392. The van der Waals surface area contributed by atoms with Crippen molar-refractivity contribution < 1.29 is 18.7 Å². The van der Waals surface area contributed by atoms with Crippen LogP contribution in [0, 0.1) is 5.82 Å². The van der Waals surface area contributed by atoms with Crippen LogP contribution in [0.2, 0.25) is 0 Å². The van der Waals surface area contributed by atoms with Crippen molar-refractivity contribution in [2.45, 2.75) is 13.0 Å². The first-order valence-electron chi connectivity index (χ1n) is 9.36. The lowest BCUT2D eigenvalue weighted by atomic mass is 10.1. The predicted molar refractivity (Wildman–Crippen MR) is 113 cm³/mol. The standard InChI is InChI=1S/C24H21FN2O3/c1-27-14-4-6-20(27)9-11-22(29)15-21(28)10-7-18-8-12-23(16-24(18)25)30-17-19-5-2-3-13-26-19/h2-14,16H,15,17H2,1H3. The largest absolute Gasteiger partial charge is 0.487 e. The van der Waals surface area contributed by atoms with E-state index in [0.29, 0.717) is 5.75 Å². The number of ketones is 2. The first-order valence-corrected chi connectivity index (χ1v) is 9.36. The summed E-state index contributed by atoms with van der Waals surface area (Å²) in [6.07, 6.45) is 8.84. The highest BCUT2D eigenvalue weighted by molar-refractivity contribution is 6.10. The van der Waals surface area contributed by atoms with Gasteiger partial charge in [0.15, 0.2) is 11.6 Å². The zero-order valence-corrected chi connectivity index (χ0v) is 16.5. The number of allylic oxidation sites excluding steroid dienone is 2. The van der Waals surface area contributed by atoms with Crippen LogP contribution in [0.3, 0.4) is 0 Å². The Labute approximate surface area is 174 Å². The molecule has 0 aliphatic heterocycles. The van der Waals surface area contributed by atoms with E-state index in [1.165, 1.54) is 30.4 Å². The fraction of sp³-hybridized carbons (Fsp3) is 0.125. The number of benzene rings is 1. The fourth-order valence-electron chi connectivity index (χ4n) is 2.67. The molecule has 0 fully saturated rings. The van der Waals surface area contributed by atoms with Gasteiger partial charge in [-0.1, -0.05) is 6.07 Å². The molecule has 3 aromatic rings. The Bertz CT molecular complexity index is 1080. The van der Waals surface area contributed by atoms with Gasteiger partial charge in [-0.2, -0.15) is 0 Å². The second-order valence-corrected chi connectivity index (χ2v) is 6.61. The molecular weight excluding hydrogens is 383 g/mol. The second-order valence-electron chi connectivity index (χ2n) is 6.61. The van der Waals surface area contributed by atoms with E-state index in [9.17, 15) is 14.0 Å². The maximum atomic E-state index is 14.3. The zero-order valence-electron chi connectivity index (χ0n) is 16.5. The number of pyridine rings is 1. The van der Waals surface area contributed by atoms with Crippen LogP contribution >= 0.6 is 0 Å². The molecule has 0 amide bonds. The lowest BCUT2D eigenvalue weighted by Crippen LogP contribution is -2.02. The van der Waals surface area contributed by atoms with E-state index < -0.39 is 11.6 Å². The molecule has 2 aromatic heterocycles. The third-order valence-electron chi connectivity index (χ3n) is 4.31. The smallest absolute Gasteiger partial charge is 0.163 e. The van der Waals surface area contributed by atoms with Gasteiger partial charge in [-0.15, -0.1) is 0 Å². The molecule has 0 radical (unpaired) electrons. The number of rotatable bonds is 9. The predicted octanol–water partition coefficient (Wildman–Crippen LogP) is 4.39. The molecule has 1 aromatic carbocycles. The van der Waals surface area contributed by atoms with E-state index in [4.69, 9.17) is 4.74 Å². The normalized spacial score (nSPS) is 11.3. The molecule has 0 unspecified atom stereocenters. The topological polar surface area (TPSA) is 61.2 Å². The molecule has 0 atom stereocenters. The van der Waals surface area contributed by atoms with Gasteiger partial charge in [0.25, 0.3) is 0 Å². The van der Waals surface area contributed by atoms with Crippen LogP contribution in [-0.2, 0) is 23.2 Å². The van der Waals surface area contributed by atoms with Crippen LogP contribution in [0.15, 0.2) is 73.1 Å². The van der Waals surface area contributed by atoms with Crippen LogP contribution in [0.25, 0.3) is 12.2 Å². The van der Waals surface area contributed by atoms with Gasteiger partial charge < -0.3 is 9.30 Å². The monoisotopic (exact) mass is 404 g/mol. The SMILES string of the molecule is Cn1cccc1C=CC(=O)CC(=O)C=Cc1ccc(OCc2ccccn2)cc1F. The molecule has 0 bridgehead atoms. The highest BCUT2D eigenvalue weighted by Gasteiger charge is 2.06.